The minimum atomic E-state index is -0.795. The predicted molar refractivity (Wildman–Crippen MR) is 61.9 cm³/mol. The number of H-pyrrole nitrogens is 2. The number of alkyl halides is 1. The first-order chi connectivity index (χ1) is 7.99. The minimum Gasteiger partial charge on any atom is -0.316 e. The van der Waals surface area contributed by atoms with Gasteiger partial charge in [-0.1, -0.05) is 0 Å². The van der Waals surface area contributed by atoms with Gasteiger partial charge in [0.2, 0.25) is 0 Å². The number of aromatic nitrogens is 2. The number of hydrogen-bond donors (Lipinski definition) is 2. The van der Waals surface area contributed by atoms with Gasteiger partial charge in [-0.05, 0) is 25.0 Å². The van der Waals surface area contributed by atoms with Gasteiger partial charge in [-0.15, -0.1) is 11.6 Å². The van der Waals surface area contributed by atoms with Crippen molar-refractivity contribution in [1.29, 1.82) is 0 Å². The Morgan fingerprint density at radius 2 is 1.65 bits per heavy atom. The van der Waals surface area contributed by atoms with Crippen LogP contribution in [0.5, 0.6) is 0 Å². The summed E-state index contributed by atoms with van der Waals surface area (Å²) < 4.78 is 13.8. The zero-order chi connectivity index (χ0) is 12.2. The van der Waals surface area contributed by atoms with Crippen molar-refractivity contribution in [3.8, 4) is 0 Å². The van der Waals surface area contributed by atoms with Crippen molar-refractivity contribution in [2.45, 2.75) is 17.7 Å². The minimum absolute atomic E-state index is 0.261. The van der Waals surface area contributed by atoms with E-state index in [1.807, 2.05) is 0 Å². The Morgan fingerprint density at radius 1 is 1.12 bits per heavy atom. The zero-order valence-corrected chi connectivity index (χ0v) is 9.40. The van der Waals surface area contributed by atoms with Crippen LogP contribution in [0.3, 0.4) is 0 Å². The Kier molecular flexibility index (Phi) is 1.98. The fourth-order valence-electron chi connectivity index (χ4n) is 1.86. The van der Waals surface area contributed by atoms with E-state index in [9.17, 15) is 14.0 Å². The summed E-state index contributed by atoms with van der Waals surface area (Å²) in [7, 11) is 0. The lowest BCUT2D eigenvalue weighted by atomic mass is 10.1. The molecule has 0 unspecified atom stereocenters. The molecule has 1 aliphatic carbocycles. The van der Waals surface area contributed by atoms with Crippen molar-refractivity contribution in [3.63, 3.8) is 0 Å². The second-order valence-electron chi connectivity index (χ2n) is 4.25. The number of rotatable bonds is 1. The summed E-state index contributed by atoms with van der Waals surface area (Å²) in [6, 6.07) is 2.67. The molecule has 1 heterocycles. The van der Waals surface area contributed by atoms with Crippen molar-refractivity contribution in [2.24, 2.45) is 0 Å². The third-order valence-electron chi connectivity index (χ3n) is 2.98. The number of fused-ring (bicyclic) bond motifs is 1. The van der Waals surface area contributed by atoms with Gasteiger partial charge in [0, 0.05) is 5.56 Å². The van der Waals surface area contributed by atoms with E-state index < -0.39 is 21.8 Å². The predicted octanol–water partition coefficient (Wildman–Crippen LogP) is 1.58. The molecule has 2 aromatic rings. The Hall–Kier alpha value is -1.62. The highest BCUT2D eigenvalue weighted by Crippen LogP contribution is 2.53. The third-order valence-corrected chi connectivity index (χ3v) is 3.56. The molecule has 4 nitrogen and oxygen atoms in total. The summed E-state index contributed by atoms with van der Waals surface area (Å²) in [5.74, 6) is -0.465. The maximum absolute atomic E-state index is 13.8. The normalized spacial score (nSPS) is 17.3. The van der Waals surface area contributed by atoms with E-state index >= 15 is 0 Å². The molecule has 88 valence electrons. The highest BCUT2D eigenvalue weighted by molar-refractivity contribution is 6.26. The van der Waals surface area contributed by atoms with Crippen LogP contribution in [-0.2, 0) is 4.87 Å². The van der Waals surface area contributed by atoms with E-state index in [-0.39, 0.29) is 5.52 Å². The molecule has 0 bridgehead atoms. The summed E-state index contributed by atoms with van der Waals surface area (Å²) in [5.41, 5.74) is -0.532. The number of halogens is 2. The van der Waals surface area contributed by atoms with Crippen LogP contribution in [0.15, 0.2) is 21.7 Å². The van der Waals surface area contributed by atoms with E-state index in [0.717, 1.165) is 0 Å². The molecule has 2 N–H and O–H groups in total. The van der Waals surface area contributed by atoms with E-state index in [2.05, 4.69) is 9.97 Å². The monoisotopic (exact) mass is 254 g/mol. The molecule has 0 aliphatic heterocycles. The molecule has 3 rings (SSSR count). The second-order valence-corrected chi connectivity index (χ2v) is 4.97. The molecular formula is C11H8ClFN2O2. The lowest BCUT2D eigenvalue weighted by Gasteiger charge is -2.09. The van der Waals surface area contributed by atoms with Gasteiger partial charge in [0.15, 0.2) is 0 Å². The number of benzene rings is 1. The summed E-state index contributed by atoms with van der Waals surface area (Å²) in [6.07, 6.45) is 1.43. The van der Waals surface area contributed by atoms with Crippen LogP contribution in [0, 0.1) is 5.82 Å². The van der Waals surface area contributed by atoms with Crippen molar-refractivity contribution in [3.05, 3.63) is 44.2 Å². The number of nitrogens with one attached hydrogen (secondary N) is 2. The lowest BCUT2D eigenvalue weighted by Crippen LogP contribution is -2.29. The third kappa shape index (κ3) is 1.58. The molecule has 0 radical (unpaired) electrons. The van der Waals surface area contributed by atoms with Crippen molar-refractivity contribution in [2.75, 3.05) is 0 Å². The van der Waals surface area contributed by atoms with Crippen LogP contribution in [0.25, 0.3) is 11.0 Å². The SMILES string of the molecule is O=c1[nH]c2cc(F)c(C3(Cl)CC3)cc2[nH]c1=O. The lowest BCUT2D eigenvalue weighted by molar-refractivity contribution is 0.607. The molecular weight excluding hydrogens is 247 g/mol. The summed E-state index contributed by atoms with van der Waals surface area (Å²) in [4.78, 5) is 26.3. The van der Waals surface area contributed by atoms with Gasteiger partial charge in [-0.2, -0.15) is 0 Å². The first kappa shape index (κ1) is 10.5. The van der Waals surface area contributed by atoms with Gasteiger partial charge in [0.25, 0.3) is 0 Å². The average Bonchev–Trinajstić information content (AvgIpc) is 2.99. The Bertz CT molecular complexity index is 730. The summed E-state index contributed by atoms with van der Waals surface area (Å²) in [5, 5.41) is 0. The molecule has 0 atom stereocenters. The van der Waals surface area contributed by atoms with Gasteiger partial charge < -0.3 is 9.97 Å². The average molecular weight is 255 g/mol. The zero-order valence-electron chi connectivity index (χ0n) is 8.64. The number of aromatic amines is 2. The van der Waals surface area contributed by atoms with Crippen LogP contribution < -0.4 is 11.1 Å². The molecule has 17 heavy (non-hydrogen) atoms. The molecule has 1 aromatic heterocycles. The molecule has 0 amide bonds. The molecule has 1 saturated carbocycles. The summed E-state index contributed by atoms with van der Waals surface area (Å²) in [6.45, 7) is 0. The fraction of sp³-hybridized carbons (Fsp3) is 0.273. The molecule has 1 aromatic carbocycles. The number of hydrogen-bond acceptors (Lipinski definition) is 2. The molecule has 0 saturated heterocycles. The molecule has 1 fully saturated rings. The van der Waals surface area contributed by atoms with E-state index in [0.29, 0.717) is 23.9 Å². The molecule has 1 aliphatic rings. The van der Waals surface area contributed by atoms with Gasteiger partial charge in [0.1, 0.15) is 5.82 Å². The van der Waals surface area contributed by atoms with Crippen LogP contribution in [0.4, 0.5) is 4.39 Å². The van der Waals surface area contributed by atoms with Gasteiger partial charge in [0.05, 0.1) is 15.9 Å². The van der Waals surface area contributed by atoms with E-state index in [1.54, 1.807) is 0 Å². The van der Waals surface area contributed by atoms with Gasteiger partial charge in [-0.3, -0.25) is 9.59 Å². The van der Waals surface area contributed by atoms with E-state index in [4.69, 9.17) is 11.6 Å². The fourth-order valence-corrected chi connectivity index (χ4v) is 2.10. The first-order valence-corrected chi connectivity index (χ1v) is 5.53. The van der Waals surface area contributed by atoms with Crippen molar-refractivity contribution < 1.29 is 4.39 Å². The van der Waals surface area contributed by atoms with Gasteiger partial charge in [-0.25, -0.2) is 4.39 Å². The highest BCUT2D eigenvalue weighted by Gasteiger charge is 2.44. The van der Waals surface area contributed by atoms with Gasteiger partial charge >= 0.3 is 11.1 Å². The van der Waals surface area contributed by atoms with Crippen LogP contribution in [-0.4, -0.2) is 9.97 Å². The smallest absolute Gasteiger partial charge is 0.314 e. The molecule has 0 spiro atoms. The van der Waals surface area contributed by atoms with Crippen LogP contribution in [0.2, 0.25) is 0 Å². The first-order valence-electron chi connectivity index (χ1n) is 5.15. The Balaban J connectivity index is 2.35. The standard InChI is InChI=1S/C11H8ClFN2O2/c12-11(1-2-11)5-3-7-8(4-6(5)13)15-10(17)9(16)14-7/h3-4H,1-2H2,(H,14,16)(H,15,17). The van der Waals surface area contributed by atoms with Crippen molar-refractivity contribution in [1.82, 2.24) is 9.97 Å². The Morgan fingerprint density at radius 3 is 2.18 bits per heavy atom. The second kappa shape index (κ2) is 3.20. The highest BCUT2D eigenvalue weighted by atomic mass is 35.5. The van der Waals surface area contributed by atoms with Crippen molar-refractivity contribution >= 4 is 22.6 Å². The quantitative estimate of drug-likeness (QED) is 0.599. The maximum Gasteiger partial charge on any atom is 0.314 e. The Labute approximate surface area is 99.4 Å². The van der Waals surface area contributed by atoms with E-state index in [1.165, 1.54) is 12.1 Å². The molecule has 6 heteroatoms. The summed E-state index contributed by atoms with van der Waals surface area (Å²) >= 11 is 6.14. The van der Waals surface area contributed by atoms with Crippen LogP contribution >= 0.6 is 11.6 Å². The van der Waals surface area contributed by atoms with Crippen LogP contribution in [0.1, 0.15) is 18.4 Å². The maximum atomic E-state index is 13.8. The largest absolute Gasteiger partial charge is 0.316 e. The topological polar surface area (TPSA) is 65.7 Å².